The maximum Gasteiger partial charge on any atom is 0.408 e. The molecule has 1 rings (SSSR count). The van der Waals surface area contributed by atoms with Crippen molar-refractivity contribution in [3.05, 3.63) is 0 Å². The molecule has 0 bridgehead atoms. The van der Waals surface area contributed by atoms with E-state index in [-0.39, 0.29) is 22.2 Å². The molecule has 0 aliphatic heterocycles. The van der Waals surface area contributed by atoms with Crippen molar-refractivity contribution in [2.24, 2.45) is 28.1 Å². The van der Waals surface area contributed by atoms with Gasteiger partial charge < -0.3 is 20.5 Å². The fraction of sp³-hybridized carbons (Fsp3) is 0.880. The van der Waals surface area contributed by atoms with Gasteiger partial charge in [-0.2, -0.15) is 0 Å². The molecule has 32 heavy (non-hydrogen) atoms. The Labute approximate surface area is 194 Å². The molecule has 0 aromatic carbocycles. The van der Waals surface area contributed by atoms with Gasteiger partial charge in [0.15, 0.2) is 0 Å². The molecule has 1 aliphatic carbocycles. The van der Waals surface area contributed by atoms with Crippen molar-refractivity contribution in [2.75, 3.05) is 0 Å². The maximum atomic E-state index is 12.9. The summed E-state index contributed by atoms with van der Waals surface area (Å²) in [5, 5.41) is 14.8. The fourth-order valence-corrected chi connectivity index (χ4v) is 3.97. The lowest BCUT2D eigenvalue weighted by Crippen LogP contribution is -2.55. The highest BCUT2D eigenvalue weighted by molar-refractivity contribution is 5.89. The van der Waals surface area contributed by atoms with E-state index in [9.17, 15) is 19.5 Å². The number of alkyl carbamates (subject to hydrolysis) is 1. The molecule has 0 spiro atoms. The average molecular weight is 455 g/mol. The zero-order valence-corrected chi connectivity index (χ0v) is 21.8. The van der Waals surface area contributed by atoms with Crippen molar-refractivity contribution in [1.82, 2.24) is 10.6 Å². The topological polar surface area (TPSA) is 105 Å². The fourth-order valence-electron chi connectivity index (χ4n) is 3.97. The van der Waals surface area contributed by atoms with Crippen molar-refractivity contribution in [3.8, 4) is 0 Å². The van der Waals surface area contributed by atoms with Gasteiger partial charge in [0, 0.05) is 5.41 Å². The minimum atomic E-state index is -1.05. The first-order chi connectivity index (χ1) is 14.4. The van der Waals surface area contributed by atoms with Gasteiger partial charge in [0.1, 0.15) is 18.2 Å². The molecule has 1 unspecified atom stereocenters. The molecule has 3 atom stereocenters. The van der Waals surface area contributed by atoms with Crippen molar-refractivity contribution >= 4 is 18.0 Å². The summed E-state index contributed by atoms with van der Waals surface area (Å²) >= 11 is 0. The minimum Gasteiger partial charge on any atom is -0.480 e. The Morgan fingerprint density at radius 3 is 1.84 bits per heavy atom. The van der Waals surface area contributed by atoms with Gasteiger partial charge in [-0.1, -0.05) is 82.1 Å². The second-order valence-corrected chi connectivity index (χ2v) is 12.5. The molecule has 0 saturated heterocycles. The number of aliphatic carboxylic acids is 1. The van der Waals surface area contributed by atoms with Gasteiger partial charge in [0.05, 0.1) is 0 Å². The van der Waals surface area contributed by atoms with E-state index >= 15 is 0 Å². The number of rotatable bonds is 10. The van der Waals surface area contributed by atoms with Crippen molar-refractivity contribution in [3.63, 3.8) is 0 Å². The summed E-state index contributed by atoms with van der Waals surface area (Å²) < 4.78 is 5.95. The number of carboxylic acid groups (broad SMARTS) is 1. The first-order valence-corrected chi connectivity index (χ1v) is 11.9. The van der Waals surface area contributed by atoms with Gasteiger partial charge >= 0.3 is 12.1 Å². The first kappa shape index (κ1) is 28.2. The predicted octanol–water partition coefficient (Wildman–Crippen LogP) is 4.98. The summed E-state index contributed by atoms with van der Waals surface area (Å²) in [4.78, 5) is 37.5. The van der Waals surface area contributed by atoms with Crippen LogP contribution in [0.5, 0.6) is 0 Å². The second-order valence-electron chi connectivity index (χ2n) is 12.5. The number of hydrogen-bond donors (Lipinski definition) is 3. The van der Waals surface area contributed by atoms with Gasteiger partial charge in [0.2, 0.25) is 5.91 Å². The van der Waals surface area contributed by atoms with Crippen LogP contribution in [0, 0.1) is 28.1 Å². The number of hydrogen-bond acceptors (Lipinski definition) is 4. The Balaban J connectivity index is 2.97. The Kier molecular flexibility index (Phi) is 9.21. The number of carbonyl (C=O) groups is 3. The molecule has 3 N–H and O–H groups in total. The van der Waals surface area contributed by atoms with Crippen molar-refractivity contribution in [1.29, 1.82) is 0 Å². The number of nitrogens with one attached hydrogen (secondary N) is 2. The summed E-state index contributed by atoms with van der Waals surface area (Å²) in [7, 11) is 0. The summed E-state index contributed by atoms with van der Waals surface area (Å²) in [6.45, 7) is 20.5. The van der Waals surface area contributed by atoms with Crippen molar-refractivity contribution in [2.45, 2.75) is 113 Å². The SMILES string of the molecule is CC(C)C[C@@H](NC(=O)OC(C(C)(C)C)C(C)(C)C(C)(C)C)C(=O)N[C@@H](CC1CC1)C(=O)O. The van der Waals surface area contributed by atoms with Crippen LogP contribution >= 0.6 is 0 Å². The first-order valence-electron chi connectivity index (χ1n) is 11.9. The highest BCUT2D eigenvalue weighted by atomic mass is 16.6. The highest BCUT2D eigenvalue weighted by Crippen LogP contribution is 2.47. The van der Waals surface area contributed by atoms with Crippen LogP contribution < -0.4 is 10.6 Å². The second kappa shape index (κ2) is 10.4. The van der Waals surface area contributed by atoms with Crippen LogP contribution in [0.2, 0.25) is 0 Å². The molecule has 0 radical (unpaired) electrons. The molecule has 186 valence electrons. The quantitative estimate of drug-likeness (QED) is 0.432. The van der Waals surface area contributed by atoms with Gasteiger partial charge in [-0.25, -0.2) is 9.59 Å². The maximum absolute atomic E-state index is 12.9. The van der Waals surface area contributed by atoms with Crippen LogP contribution in [0.25, 0.3) is 0 Å². The third-order valence-corrected chi connectivity index (χ3v) is 6.80. The van der Waals surface area contributed by atoms with Gasteiger partial charge in [-0.15, -0.1) is 0 Å². The Morgan fingerprint density at radius 1 is 0.938 bits per heavy atom. The summed E-state index contributed by atoms with van der Waals surface area (Å²) in [5.74, 6) is -1.05. The molecular formula is C25H46N2O5. The molecule has 1 fully saturated rings. The van der Waals surface area contributed by atoms with E-state index in [0.29, 0.717) is 18.8 Å². The monoisotopic (exact) mass is 454 g/mol. The average Bonchev–Trinajstić information content (AvgIpc) is 3.39. The van der Waals surface area contributed by atoms with Crippen LogP contribution in [0.1, 0.15) is 94.9 Å². The van der Waals surface area contributed by atoms with Gasteiger partial charge in [-0.05, 0) is 35.5 Å². The van der Waals surface area contributed by atoms with E-state index < -0.39 is 36.2 Å². The number of carbonyl (C=O) groups excluding carboxylic acids is 2. The zero-order valence-electron chi connectivity index (χ0n) is 21.8. The zero-order chi connectivity index (χ0) is 25.1. The van der Waals surface area contributed by atoms with Gasteiger partial charge in [-0.3, -0.25) is 4.79 Å². The summed E-state index contributed by atoms with van der Waals surface area (Å²) in [5.41, 5.74) is -0.781. The Morgan fingerprint density at radius 2 is 1.47 bits per heavy atom. The molecule has 0 aromatic heterocycles. The van der Waals surface area contributed by atoms with Crippen LogP contribution in [-0.2, 0) is 14.3 Å². The van der Waals surface area contributed by atoms with Crippen LogP contribution in [0.3, 0.4) is 0 Å². The van der Waals surface area contributed by atoms with E-state index in [4.69, 9.17) is 4.74 Å². The smallest absolute Gasteiger partial charge is 0.408 e. The lowest BCUT2D eigenvalue weighted by atomic mass is 9.60. The Hall–Kier alpha value is -1.79. The third-order valence-electron chi connectivity index (χ3n) is 6.80. The predicted molar refractivity (Wildman–Crippen MR) is 126 cm³/mol. The molecule has 1 aliphatic rings. The van der Waals surface area contributed by atoms with Crippen LogP contribution in [0.15, 0.2) is 0 Å². The normalized spacial score (nSPS) is 18.0. The molecule has 2 amide bonds. The molecule has 7 nitrogen and oxygen atoms in total. The molecule has 7 heteroatoms. The number of amides is 2. The lowest BCUT2D eigenvalue weighted by molar-refractivity contribution is -0.142. The number of ether oxygens (including phenoxy) is 1. The van der Waals surface area contributed by atoms with E-state index in [1.807, 2.05) is 34.6 Å². The van der Waals surface area contributed by atoms with Crippen LogP contribution in [0.4, 0.5) is 4.79 Å². The van der Waals surface area contributed by atoms with Gasteiger partial charge in [0.25, 0.3) is 0 Å². The Bertz CT molecular complexity index is 669. The van der Waals surface area contributed by atoms with E-state index in [1.54, 1.807) is 0 Å². The third kappa shape index (κ3) is 8.28. The molecule has 1 saturated carbocycles. The summed E-state index contributed by atoms with van der Waals surface area (Å²) in [6.07, 6.45) is 1.75. The minimum absolute atomic E-state index is 0.127. The number of carboxylic acids is 1. The largest absolute Gasteiger partial charge is 0.480 e. The van der Waals surface area contributed by atoms with Crippen LogP contribution in [-0.4, -0.2) is 41.3 Å². The molecular weight excluding hydrogens is 408 g/mol. The van der Waals surface area contributed by atoms with E-state index in [0.717, 1.165) is 12.8 Å². The standard InChI is InChI=1S/C25H46N2O5/c1-15(2)13-17(19(28)26-18(20(29)30)14-16-11-12-16)27-22(31)32-21(23(3,4)5)25(9,10)24(6,7)8/h15-18,21H,11-14H2,1-10H3,(H,26,28)(H,27,31)(H,29,30)/t17-,18+,21?/m1/s1. The molecule has 0 aromatic rings. The molecule has 0 heterocycles. The lowest BCUT2D eigenvalue weighted by Gasteiger charge is -2.49. The highest BCUT2D eigenvalue weighted by Gasteiger charge is 2.48. The summed E-state index contributed by atoms with van der Waals surface area (Å²) in [6, 6.07) is -1.80. The van der Waals surface area contributed by atoms with E-state index in [1.165, 1.54) is 0 Å². The van der Waals surface area contributed by atoms with E-state index in [2.05, 4.69) is 45.3 Å². The van der Waals surface area contributed by atoms with Crippen molar-refractivity contribution < 1.29 is 24.2 Å².